The topological polar surface area (TPSA) is 70.8 Å². The molecule has 0 bridgehead atoms. The maximum Gasteiger partial charge on any atom is 0.322 e. The molecular formula is C20H26N4O3. The van der Waals surface area contributed by atoms with Gasteiger partial charge in [-0.25, -0.2) is 9.78 Å². The van der Waals surface area contributed by atoms with Gasteiger partial charge in [0.05, 0.1) is 24.6 Å². The minimum atomic E-state index is -0.157. The van der Waals surface area contributed by atoms with Gasteiger partial charge in [0.2, 0.25) is 0 Å². The number of nitrogens with one attached hydrogen (secondary N) is 1. The second kappa shape index (κ2) is 8.43. The molecular weight excluding hydrogens is 344 g/mol. The summed E-state index contributed by atoms with van der Waals surface area (Å²) in [6.07, 6.45) is 7.83. The van der Waals surface area contributed by atoms with E-state index in [1.807, 2.05) is 24.3 Å². The molecule has 2 aliphatic heterocycles. The quantitative estimate of drug-likeness (QED) is 0.843. The van der Waals surface area contributed by atoms with Crippen LogP contribution in [0.3, 0.4) is 0 Å². The summed E-state index contributed by atoms with van der Waals surface area (Å²) >= 11 is 0. The van der Waals surface area contributed by atoms with Crippen molar-refractivity contribution in [2.45, 2.75) is 38.3 Å². The maximum atomic E-state index is 13.1. The number of carbonyl (C=O) groups is 1. The molecule has 144 valence electrons. The first-order valence-corrected chi connectivity index (χ1v) is 9.69. The van der Waals surface area contributed by atoms with E-state index in [2.05, 4.69) is 15.2 Å². The number of urea groups is 1. The van der Waals surface area contributed by atoms with Gasteiger partial charge in [-0.1, -0.05) is 0 Å². The van der Waals surface area contributed by atoms with Crippen LogP contribution < -0.4 is 10.2 Å². The predicted octanol–water partition coefficient (Wildman–Crippen LogP) is 3.49. The zero-order chi connectivity index (χ0) is 18.5. The minimum absolute atomic E-state index is 0.0812. The van der Waals surface area contributed by atoms with Gasteiger partial charge < -0.3 is 24.3 Å². The summed E-state index contributed by atoms with van der Waals surface area (Å²) in [5.74, 6) is 1.60. The highest BCUT2D eigenvalue weighted by Crippen LogP contribution is 2.26. The third-order valence-corrected chi connectivity index (χ3v) is 5.10. The molecule has 27 heavy (non-hydrogen) atoms. The van der Waals surface area contributed by atoms with Gasteiger partial charge in [-0.05, 0) is 49.9 Å². The minimum Gasteiger partial charge on any atom is -0.467 e. The zero-order valence-corrected chi connectivity index (χ0v) is 15.5. The number of ether oxygens (including phenoxy) is 1. The monoisotopic (exact) mass is 370 g/mol. The number of hydrogen-bond donors (Lipinski definition) is 1. The highest BCUT2D eigenvalue weighted by atomic mass is 16.5. The average molecular weight is 370 g/mol. The Morgan fingerprint density at radius 2 is 2.15 bits per heavy atom. The standard InChI is InChI=1S/C20H26N4O3/c25-20(22-18-8-3-9-21-19(18)23-10-1-2-11-23)24(14-16-6-4-12-26-16)15-17-7-5-13-27-17/h3-4,6,8-9,12,17H,1-2,5,7,10-11,13-15H2,(H,22,25). The molecule has 0 aromatic carbocycles. The van der Waals surface area contributed by atoms with Crippen molar-refractivity contribution in [3.63, 3.8) is 0 Å². The fourth-order valence-electron chi connectivity index (χ4n) is 3.71. The van der Waals surface area contributed by atoms with Gasteiger partial charge in [0, 0.05) is 32.4 Å². The van der Waals surface area contributed by atoms with Crippen LogP contribution in [0.2, 0.25) is 0 Å². The molecule has 0 saturated carbocycles. The van der Waals surface area contributed by atoms with Crippen LogP contribution in [0.1, 0.15) is 31.4 Å². The van der Waals surface area contributed by atoms with Gasteiger partial charge in [-0.2, -0.15) is 0 Å². The summed E-state index contributed by atoms with van der Waals surface area (Å²) < 4.78 is 11.2. The summed E-state index contributed by atoms with van der Waals surface area (Å²) in [4.78, 5) is 21.6. The Balaban J connectivity index is 1.49. The number of carbonyl (C=O) groups excluding carboxylic acids is 1. The molecule has 0 spiro atoms. The van der Waals surface area contributed by atoms with E-state index in [9.17, 15) is 4.79 Å². The van der Waals surface area contributed by atoms with E-state index in [1.54, 1.807) is 17.4 Å². The van der Waals surface area contributed by atoms with E-state index in [0.29, 0.717) is 13.1 Å². The highest BCUT2D eigenvalue weighted by Gasteiger charge is 2.25. The summed E-state index contributed by atoms with van der Waals surface area (Å²) in [5, 5.41) is 3.06. The molecule has 2 fully saturated rings. The molecule has 2 saturated heterocycles. The molecule has 2 amide bonds. The number of furan rings is 1. The van der Waals surface area contributed by atoms with Crippen molar-refractivity contribution in [2.75, 3.05) is 36.5 Å². The van der Waals surface area contributed by atoms with E-state index in [0.717, 1.165) is 62.6 Å². The van der Waals surface area contributed by atoms with Gasteiger partial charge in [-0.15, -0.1) is 0 Å². The Morgan fingerprint density at radius 1 is 1.26 bits per heavy atom. The first-order chi connectivity index (χ1) is 13.3. The summed E-state index contributed by atoms with van der Waals surface area (Å²) in [6.45, 7) is 3.68. The lowest BCUT2D eigenvalue weighted by atomic mass is 10.2. The fourth-order valence-corrected chi connectivity index (χ4v) is 3.71. The fraction of sp³-hybridized carbons (Fsp3) is 0.500. The zero-order valence-electron chi connectivity index (χ0n) is 15.5. The average Bonchev–Trinajstić information content (AvgIpc) is 3.45. The first kappa shape index (κ1) is 17.9. The van der Waals surface area contributed by atoms with Crippen molar-refractivity contribution in [3.8, 4) is 0 Å². The van der Waals surface area contributed by atoms with Crippen LogP contribution in [0.25, 0.3) is 0 Å². The second-order valence-electron chi connectivity index (χ2n) is 7.09. The number of anilines is 2. The number of aromatic nitrogens is 1. The van der Waals surface area contributed by atoms with Crippen LogP contribution in [0, 0.1) is 0 Å². The largest absolute Gasteiger partial charge is 0.467 e. The van der Waals surface area contributed by atoms with Crippen molar-refractivity contribution >= 4 is 17.5 Å². The van der Waals surface area contributed by atoms with Crippen LogP contribution >= 0.6 is 0 Å². The number of amides is 2. The van der Waals surface area contributed by atoms with Gasteiger partial charge >= 0.3 is 6.03 Å². The molecule has 2 aliphatic rings. The second-order valence-corrected chi connectivity index (χ2v) is 7.09. The van der Waals surface area contributed by atoms with Gasteiger partial charge in [0.25, 0.3) is 0 Å². The molecule has 1 unspecified atom stereocenters. The Morgan fingerprint density at radius 3 is 2.89 bits per heavy atom. The summed E-state index contributed by atoms with van der Waals surface area (Å²) in [5.41, 5.74) is 0.751. The van der Waals surface area contributed by atoms with Gasteiger partial charge in [-0.3, -0.25) is 0 Å². The first-order valence-electron chi connectivity index (χ1n) is 9.69. The Hall–Kier alpha value is -2.54. The SMILES string of the molecule is O=C(Nc1cccnc1N1CCCC1)N(Cc1ccco1)CC1CCCO1. The molecule has 0 radical (unpaired) electrons. The van der Waals surface area contributed by atoms with Crippen molar-refractivity contribution in [1.29, 1.82) is 0 Å². The van der Waals surface area contributed by atoms with Gasteiger partial charge in [0.15, 0.2) is 5.82 Å². The molecule has 1 N–H and O–H groups in total. The Kier molecular flexibility index (Phi) is 5.58. The Bertz CT molecular complexity index is 737. The number of pyridine rings is 1. The normalized spacial score (nSPS) is 19.4. The Labute approximate surface area is 159 Å². The number of nitrogens with zero attached hydrogens (tertiary/aromatic N) is 3. The molecule has 7 nitrogen and oxygen atoms in total. The van der Waals surface area contributed by atoms with Crippen molar-refractivity contribution in [1.82, 2.24) is 9.88 Å². The lowest BCUT2D eigenvalue weighted by Gasteiger charge is -2.26. The van der Waals surface area contributed by atoms with Crippen LogP contribution in [0.15, 0.2) is 41.1 Å². The van der Waals surface area contributed by atoms with Crippen molar-refractivity contribution in [3.05, 3.63) is 42.5 Å². The van der Waals surface area contributed by atoms with E-state index in [4.69, 9.17) is 9.15 Å². The molecule has 0 aliphatic carbocycles. The van der Waals surface area contributed by atoms with Crippen LogP contribution in [0.5, 0.6) is 0 Å². The van der Waals surface area contributed by atoms with Crippen LogP contribution in [0.4, 0.5) is 16.3 Å². The van der Waals surface area contributed by atoms with E-state index < -0.39 is 0 Å². The van der Waals surface area contributed by atoms with Crippen molar-refractivity contribution in [2.24, 2.45) is 0 Å². The molecule has 4 heterocycles. The highest BCUT2D eigenvalue weighted by molar-refractivity contribution is 5.92. The van der Waals surface area contributed by atoms with E-state index in [-0.39, 0.29) is 12.1 Å². The lowest BCUT2D eigenvalue weighted by molar-refractivity contribution is 0.0803. The maximum absolute atomic E-state index is 13.1. The van der Waals surface area contributed by atoms with E-state index in [1.165, 1.54) is 0 Å². The third-order valence-electron chi connectivity index (χ3n) is 5.10. The third kappa shape index (κ3) is 4.42. The lowest BCUT2D eigenvalue weighted by Crippen LogP contribution is -2.40. The molecule has 2 aromatic heterocycles. The number of rotatable bonds is 6. The molecule has 1 atom stereocenters. The van der Waals surface area contributed by atoms with Crippen LogP contribution in [-0.4, -0.2) is 48.3 Å². The summed E-state index contributed by atoms with van der Waals surface area (Å²) in [6, 6.07) is 7.33. The smallest absolute Gasteiger partial charge is 0.322 e. The molecule has 4 rings (SSSR count). The molecule has 2 aromatic rings. The van der Waals surface area contributed by atoms with Gasteiger partial charge in [0.1, 0.15) is 5.76 Å². The van der Waals surface area contributed by atoms with Crippen molar-refractivity contribution < 1.29 is 13.9 Å². The number of hydrogen-bond acceptors (Lipinski definition) is 5. The summed E-state index contributed by atoms with van der Waals surface area (Å²) in [7, 11) is 0. The van der Waals surface area contributed by atoms with Crippen LogP contribution in [-0.2, 0) is 11.3 Å². The van der Waals surface area contributed by atoms with E-state index >= 15 is 0 Å². The predicted molar refractivity (Wildman–Crippen MR) is 103 cm³/mol. The molecule has 7 heteroatoms.